The Morgan fingerprint density at radius 3 is 2.50 bits per heavy atom. The lowest BCUT2D eigenvalue weighted by Gasteiger charge is -2.38. The summed E-state index contributed by atoms with van der Waals surface area (Å²) in [7, 11) is -0.714. The van der Waals surface area contributed by atoms with E-state index in [2.05, 4.69) is 32.2 Å². The van der Waals surface area contributed by atoms with Crippen molar-refractivity contribution in [2.24, 2.45) is 0 Å². The van der Waals surface area contributed by atoms with Crippen LogP contribution in [0.4, 0.5) is 0 Å². The molecule has 0 spiro atoms. The third kappa shape index (κ3) is 1.99. The van der Waals surface area contributed by atoms with Crippen LogP contribution < -0.4 is 0 Å². The van der Waals surface area contributed by atoms with E-state index in [0.717, 1.165) is 6.61 Å². The molecule has 12 heavy (non-hydrogen) atoms. The molecule has 0 amide bonds. The van der Waals surface area contributed by atoms with Crippen molar-refractivity contribution in [2.45, 2.75) is 44.5 Å². The van der Waals surface area contributed by atoms with Gasteiger partial charge >= 0.3 is 0 Å². The highest BCUT2D eigenvalue weighted by atomic mass is 28.3. The molecule has 1 heterocycles. The zero-order valence-corrected chi connectivity index (χ0v) is 9.62. The van der Waals surface area contributed by atoms with Crippen molar-refractivity contribution in [3.05, 3.63) is 12.2 Å². The summed E-state index contributed by atoms with van der Waals surface area (Å²) in [6, 6.07) is 0. The molecule has 0 aromatic heterocycles. The Bertz CT molecular complexity index is 157. The van der Waals surface area contributed by atoms with Gasteiger partial charge in [0.15, 0.2) is 0 Å². The van der Waals surface area contributed by atoms with Crippen LogP contribution in [0.15, 0.2) is 12.2 Å². The van der Waals surface area contributed by atoms with Gasteiger partial charge in [0.1, 0.15) is 0 Å². The zero-order valence-electron chi connectivity index (χ0n) is 8.47. The summed E-state index contributed by atoms with van der Waals surface area (Å²) in [6.07, 6.45) is 8.29. The molecule has 0 saturated carbocycles. The van der Waals surface area contributed by atoms with Crippen molar-refractivity contribution in [1.82, 2.24) is 0 Å². The average molecular weight is 184 g/mol. The summed E-state index contributed by atoms with van der Waals surface area (Å²) in [5.41, 5.74) is 0. The van der Waals surface area contributed by atoms with Gasteiger partial charge in [0, 0.05) is 6.61 Å². The van der Waals surface area contributed by atoms with Crippen molar-refractivity contribution in [2.75, 3.05) is 6.61 Å². The van der Waals surface area contributed by atoms with Crippen LogP contribution in [0, 0.1) is 0 Å². The van der Waals surface area contributed by atoms with Crippen LogP contribution in [0.5, 0.6) is 0 Å². The minimum atomic E-state index is -0.714. The maximum absolute atomic E-state index is 5.94. The summed E-state index contributed by atoms with van der Waals surface area (Å²) >= 11 is 0. The lowest BCUT2D eigenvalue weighted by atomic mass is 10.1. The first kappa shape index (κ1) is 10.0. The minimum absolute atomic E-state index is 0.188. The van der Waals surface area contributed by atoms with E-state index in [1.54, 1.807) is 0 Å². The second kappa shape index (κ2) is 4.24. The smallest absolute Gasteiger partial charge is 0.0744 e. The van der Waals surface area contributed by atoms with Crippen molar-refractivity contribution in [3.8, 4) is 0 Å². The molecule has 2 heteroatoms. The minimum Gasteiger partial charge on any atom is -0.375 e. The van der Waals surface area contributed by atoms with Gasteiger partial charge in [-0.15, -0.1) is 0 Å². The second-order valence-electron chi connectivity index (χ2n) is 3.92. The predicted octanol–water partition coefficient (Wildman–Crippen LogP) is 2.53. The zero-order chi connectivity index (χ0) is 9.03. The second-order valence-corrected chi connectivity index (χ2v) is 7.20. The summed E-state index contributed by atoms with van der Waals surface area (Å²) in [4.78, 5) is 0. The molecule has 0 radical (unpaired) electrons. The third-order valence-corrected chi connectivity index (χ3v) is 5.36. The molecule has 1 atom stereocenters. The third-order valence-electron chi connectivity index (χ3n) is 2.76. The van der Waals surface area contributed by atoms with Crippen molar-refractivity contribution >= 4 is 8.80 Å². The Balaban J connectivity index is 2.69. The molecule has 1 unspecified atom stereocenters. The first-order valence-electron chi connectivity index (χ1n) is 4.99. The van der Waals surface area contributed by atoms with Crippen molar-refractivity contribution < 1.29 is 4.74 Å². The normalized spacial score (nSPS) is 31.7. The van der Waals surface area contributed by atoms with Gasteiger partial charge < -0.3 is 4.74 Å². The average Bonchev–Trinajstić information content (AvgIpc) is 2.06. The molecule has 0 N–H and O–H groups in total. The first-order valence-corrected chi connectivity index (χ1v) is 7.88. The molecule has 1 fully saturated rings. The van der Waals surface area contributed by atoms with Gasteiger partial charge in [0.2, 0.25) is 0 Å². The molecule has 0 aromatic rings. The van der Waals surface area contributed by atoms with E-state index in [1.165, 1.54) is 19.3 Å². The van der Waals surface area contributed by atoms with Gasteiger partial charge in [-0.2, -0.15) is 0 Å². The van der Waals surface area contributed by atoms with Crippen LogP contribution in [0.25, 0.3) is 0 Å². The lowest BCUT2D eigenvalue weighted by molar-refractivity contribution is 0.0103. The quantitative estimate of drug-likeness (QED) is 0.473. The number of hydrogen-bond donors (Lipinski definition) is 0. The lowest BCUT2D eigenvalue weighted by Crippen LogP contribution is -2.45. The topological polar surface area (TPSA) is 9.23 Å². The number of allylic oxidation sites excluding steroid dienone is 1. The molecular weight excluding hydrogens is 164 g/mol. The Morgan fingerprint density at radius 1 is 1.33 bits per heavy atom. The van der Waals surface area contributed by atoms with Crippen LogP contribution in [0.2, 0.25) is 13.1 Å². The monoisotopic (exact) mass is 184 g/mol. The maximum Gasteiger partial charge on any atom is 0.0744 e. The van der Waals surface area contributed by atoms with E-state index in [4.69, 9.17) is 4.74 Å². The number of rotatable bonds is 2. The molecule has 0 bridgehead atoms. The van der Waals surface area contributed by atoms with E-state index in [-0.39, 0.29) is 5.22 Å². The van der Waals surface area contributed by atoms with Crippen molar-refractivity contribution in [1.29, 1.82) is 0 Å². The Hall–Kier alpha value is -0.0831. The fourth-order valence-electron chi connectivity index (χ4n) is 1.90. The predicted molar refractivity (Wildman–Crippen MR) is 56.2 cm³/mol. The number of ether oxygens (including phenoxy) is 1. The first-order chi connectivity index (χ1) is 5.71. The molecule has 1 nitrogen and oxygen atoms in total. The molecule has 1 rings (SSSR count). The standard InChI is InChI=1S/C10H20OSi/c1-4-7-10(12(2)3)8-5-6-9-11-10/h4,7,12H,5-6,8-9H2,1-3H3. The maximum atomic E-state index is 5.94. The SMILES string of the molecule is CC=CC1([SiH](C)C)CCCCO1. The molecule has 0 aliphatic carbocycles. The van der Waals surface area contributed by atoms with E-state index in [9.17, 15) is 0 Å². The van der Waals surface area contributed by atoms with Gasteiger partial charge in [-0.25, -0.2) is 0 Å². The summed E-state index contributed by atoms with van der Waals surface area (Å²) in [5, 5.41) is 0.188. The van der Waals surface area contributed by atoms with Crippen LogP contribution in [-0.4, -0.2) is 20.6 Å². The molecule has 1 aliphatic heterocycles. The summed E-state index contributed by atoms with van der Waals surface area (Å²) in [5.74, 6) is 0. The van der Waals surface area contributed by atoms with Crippen LogP contribution in [0.1, 0.15) is 26.2 Å². The van der Waals surface area contributed by atoms with E-state index < -0.39 is 8.80 Å². The van der Waals surface area contributed by atoms with Gasteiger partial charge in [-0.1, -0.05) is 25.2 Å². The molecule has 1 aliphatic rings. The van der Waals surface area contributed by atoms with E-state index in [0.29, 0.717) is 0 Å². The van der Waals surface area contributed by atoms with E-state index >= 15 is 0 Å². The van der Waals surface area contributed by atoms with Gasteiger partial charge in [-0.05, 0) is 26.2 Å². The largest absolute Gasteiger partial charge is 0.375 e. The highest BCUT2D eigenvalue weighted by Crippen LogP contribution is 2.28. The Morgan fingerprint density at radius 2 is 2.08 bits per heavy atom. The van der Waals surface area contributed by atoms with Gasteiger partial charge in [-0.3, -0.25) is 0 Å². The molecular formula is C10H20OSi. The van der Waals surface area contributed by atoms with Crippen LogP contribution in [0.3, 0.4) is 0 Å². The Kier molecular flexibility index (Phi) is 3.53. The van der Waals surface area contributed by atoms with Gasteiger partial charge in [0.25, 0.3) is 0 Å². The highest BCUT2D eigenvalue weighted by molar-refractivity contribution is 6.59. The van der Waals surface area contributed by atoms with Gasteiger partial charge in [0.05, 0.1) is 14.0 Å². The van der Waals surface area contributed by atoms with E-state index in [1.807, 2.05) is 0 Å². The summed E-state index contributed by atoms with van der Waals surface area (Å²) in [6.45, 7) is 7.82. The van der Waals surface area contributed by atoms with Crippen LogP contribution >= 0.6 is 0 Å². The Labute approximate surface area is 77.4 Å². The molecule has 0 aromatic carbocycles. The molecule has 1 saturated heterocycles. The fourth-order valence-corrected chi connectivity index (χ4v) is 3.71. The molecule has 70 valence electrons. The van der Waals surface area contributed by atoms with Crippen LogP contribution in [-0.2, 0) is 4.74 Å². The highest BCUT2D eigenvalue weighted by Gasteiger charge is 2.34. The van der Waals surface area contributed by atoms with Crippen molar-refractivity contribution in [3.63, 3.8) is 0 Å². The fraction of sp³-hybridized carbons (Fsp3) is 0.800. The summed E-state index contributed by atoms with van der Waals surface area (Å²) < 4.78 is 5.94. The number of hydrogen-bond acceptors (Lipinski definition) is 1.